The molecule has 0 aliphatic carbocycles. The van der Waals surface area contributed by atoms with Gasteiger partial charge in [-0.25, -0.2) is 4.98 Å². The van der Waals surface area contributed by atoms with E-state index in [0.717, 1.165) is 12.0 Å². The number of hydrogen-bond acceptors (Lipinski definition) is 3. The van der Waals surface area contributed by atoms with Gasteiger partial charge in [0.15, 0.2) is 0 Å². The Kier molecular flexibility index (Phi) is 5.77. The maximum atomic E-state index is 11.5. The second-order valence-electron chi connectivity index (χ2n) is 4.23. The lowest BCUT2D eigenvalue weighted by Crippen LogP contribution is -2.32. The van der Waals surface area contributed by atoms with Gasteiger partial charge >= 0.3 is 0 Å². The van der Waals surface area contributed by atoms with Gasteiger partial charge in [-0.1, -0.05) is 25.0 Å². The summed E-state index contributed by atoms with van der Waals surface area (Å²) in [6, 6.07) is 4.74. The Morgan fingerprint density at radius 2 is 2.32 bits per heavy atom. The summed E-state index contributed by atoms with van der Waals surface area (Å²) in [5, 5.41) is 2.64. The van der Waals surface area contributed by atoms with Crippen molar-refractivity contribution in [3.8, 4) is 11.8 Å². The second kappa shape index (κ2) is 7.34. The summed E-state index contributed by atoms with van der Waals surface area (Å²) in [6.45, 7) is 5.64. The molecule has 4 nitrogen and oxygen atoms in total. The minimum atomic E-state index is -0.564. The number of anilines is 1. The number of carbonyl (C=O) groups excluding carboxylic acids is 1. The van der Waals surface area contributed by atoms with E-state index in [0.29, 0.717) is 11.5 Å². The highest BCUT2D eigenvalue weighted by Crippen LogP contribution is 2.04. The molecule has 0 saturated heterocycles. The van der Waals surface area contributed by atoms with Crippen molar-refractivity contribution >= 4 is 11.7 Å². The SMILES string of the molecule is CC/C=C(\C)C#Cc1cccc(NC(=O)C(C)N)n1. The van der Waals surface area contributed by atoms with E-state index in [4.69, 9.17) is 5.73 Å². The van der Waals surface area contributed by atoms with Crippen molar-refractivity contribution in [2.75, 3.05) is 5.32 Å². The number of aromatic nitrogens is 1. The minimum absolute atomic E-state index is 0.264. The zero-order valence-corrected chi connectivity index (χ0v) is 11.5. The molecule has 1 aromatic rings. The monoisotopic (exact) mass is 257 g/mol. The van der Waals surface area contributed by atoms with Gasteiger partial charge in [-0.3, -0.25) is 4.79 Å². The van der Waals surface area contributed by atoms with Crippen molar-refractivity contribution in [1.82, 2.24) is 4.98 Å². The lowest BCUT2D eigenvalue weighted by molar-refractivity contribution is -0.117. The number of rotatable bonds is 3. The lowest BCUT2D eigenvalue weighted by Gasteiger charge is -2.06. The Morgan fingerprint density at radius 3 is 2.95 bits per heavy atom. The van der Waals surface area contributed by atoms with Gasteiger partial charge in [-0.05, 0) is 43.9 Å². The summed E-state index contributed by atoms with van der Waals surface area (Å²) in [5.41, 5.74) is 7.10. The van der Waals surface area contributed by atoms with Crippen molar-refractivity contribution in [2.45, 2.75) is 33.2 Å². The third kappa shape index (κ3) is 5.36. The number of carbonyl (C=O) groups is 1. The van der Waals surface area contributed by atoms with E-state index < -0.39 is 6.04 Å². The number of nitrogens with one attached hydrogen (secondary N) is 1. The van der Waals surface area contributed by atoms with Crippen LogP contribution in [0.4, 0.5) is 5.82 Å². The zero-order chi connectivity index (χ0) is 14.3. The average Bonchev–Trinajstić information content (AvgIpc) is 2.37. The van der Waals surface area contributed by atoms with Crippen LogP contribution in [0.1, 0.15) is 32.9 Å². The van der Waals surface area contributed by atoms with E-state index in [9.17, 15) is 4.79 Å². The van der Waals surface area contributed by atoms with Crippen LogP contribution in [-0.4, -0.2) is 16.9 Å². The van der Waals surface area contributed by atoms with Crippen LogP contribution in [0.25, 0.3) is 0 Å². The second-order valence-corrected chi connectivity index (χ2v) is 4.23. The first-order chi connectivity index (χ1) is 9.02. The first-order valence-electron chi connectivity index (χ1n) is 6.25. The van der Waals surface area contributed by atoms with Crippen LogP contribution in [0.15, 0.2) is 29.8 Å². The fraction of sp³-hybridized carbons (Fsp3) is 0.333. The van der Waals surface area contributed by atoms with Gasteiger partial charge in [0.1, 0.15) is 11.5 Å². The van der Waals surface area contributed by atoms with Crippen LogP contribution in [-0.2, 0) is 4.79 Å². The normalized spacial score (nSPS) is 12.3. The largest absolute Gasteiger partial charge is 0.320 e. The molecule has 0 saturated carbocycles. The molecule has 0 aromatic carbocycles. The standard InChI is InChI=1S/C15H19N3O/c1-4-6-11(2)9-10-13-7-5-8-14(17-13)18-15(19)12(3)16/h5-8,12H,4,16H2,1-3H3,(H,17,18,19)/b11-6+. The van der Waals surface area contributed by atoms with Gasteiger partial charge in [0, 0.05) is 0 Å². The third-order valence-corrected chi connectivity index (χ3v) is 2.31. The molecule has 1 atom stereocenters. The lowest BCUT2D eigenvalue weighted by atomic mass is 10.2. The molecule has 1 aromatic heterocycles. The van der Waals surface area contributed by atoms with Gasteiger partial charge in [0.05, 0.1) is 6.04 Å². The van der Waals surface area contributed by atoms with Crippen molar-refractivity contribution in [3.63, 3.8) is 0 Å². The molecule has 1 heterocycles. The van der Waals surface area contributed by atoms with Gasteiger partial charge in [-0.15, -0.1) is 0 Å². The summed E-state index contributed by atoms with van der Waals surface area (Å²) in [5.74, 6) is 6.17. The van der Waals surface area contributed by atoms with Gasteiger partial charge < -0.3 is 11.1 Å². The highest BCUT2D eigenvalue weighted by molar-refractivity contribution is 5.93. The van der Waals surface area contributed by atoms with Gasteiger partial charge in [0.2, 0.25) is 5.91 Å². The maximum Gasteiger partial charge on any atom is 0.242 e. The summed E-state index contributed by atoms with van der Waals surface area (Å²) in [6.07, 6.45) is 3.01. The Labute approximate surface area is 114 Å². The summed E-state index contributed by atoms with van der Waals surface area (Å²) in [4.78, 5) is 15.7. The fourth-order valence-corrected chi connectivity index (χ4v) is 1.33. The molecular weight excluding hydrogens is 238 g/mol. The first kappa shape index (κ1) is 14.9. The highest BCUT2D eigenvalue weighted by Gasteiger charge is 2.07. The number of nitrogens with zero attached hydrogens (tertiary/aromatic N) is 1. The molecule has 0 aliphatic rings. The Morgan fingerprint density at radius 1 is 1.58 bits per heavy atom. The molecule has 1 amide bonds. The quantitative estimate of drug-likeness (QED) is 0.815. The summed E-state index contributed by atoms with van der Waals surface area (Å²) in [7, 11) is 0. The summed E-state index contributed by atoms with van der Waals surface area (Å²) < 4.78 is 0. The van der Waals surface area contributed by atoms with E-state index in [1.54, 1.807) is 25.1 Å². The molecule has 1 rings (SSSR count). The average molecular weight is 257 g/mol. The molecule has 19 heavy (non-hydrogen) atoms. The van der Waals surface area contributed by atoms with E-state index in [1.165, 1.54) is 0 Å². The van der Waals surface area contributed by atoms with Crippen LogP contribution >= 0.6 is 0 Å². The molecule has 1 unspecified atom stereocenters. The van der Waals surface area contributed by atoms with Gasteiger partial charge in [0.25, 0.3) is 0 Å². The molecule has 0 bridgehead atoms. The third-order valence-electron chi connectivity index (χ3n) is 2.31. The smallest absolute Gasteiger partial charge is 0.242 e. The van der Waals surface area contributed by atoms with Crippen LogP contribution in [0.5, 0.6) is 0 Å². The molecule has 4 heteroatoms. The number of pyridine rings is 1. The van der Waals surface area contributed by atoms with E-state index in [-0.39, 0.29) is 5.91 Å². The Hall–Kier alpha value is -2.12. The van der Waals surface area contributed by atoms with Crippen molar-refractivity contribution in [3.05, 3.63) is 35.5 Å². The zero-order valence-electron chi connectivity index (χ0n) is 11.5. The number of amides is 1. The Bertz CT molecular complexity index is 536. The van der Waals surface area contributed by atoms with Crippen LogP contribution < -0.4 is 11.1 Å². The maximum absolute atomic E-state index is 11.5. The Balaban J connectivity index is 2.83. The number of nitrogens with two attached hydrogens (primary N) is 1. The molecule has 0 fully saturated rings. The van der Waals surface area contributed by atoms with Crippen LogP contribution in [0.2, 0.25) is 0 Å². The highest BCUT2D eigenvalue weighted by atomic mass is 16.2. The fourth-order valence-electron chi connectivity index (χ4n) is 1.33. The predicted octanol–water partition coefficient (Wildman–Crippen LogP) is 2.08. The number of hydrogen-bond donors (Lipinski definition) is 2. The van der Waals surface area contributed by atoms with Crippen molar-refractivity contribution < 1.29 is 4.79 Å². The molecule has 0 spiro atoms. The van der Waals surface area contributed by atoms with E-state index in [1.807, 2.05) is 6.92 Å². The van der Waals surface area contributed by atoms with Crippen molar-refractivity contribution in [1.29, 1.82) is 0 Å². The van der Waals surface area contributed by atoms with E-state index in [2.05, 4.69) is 35.1 Å². The molecule has 3 N–H and O–H groups in total. The minimum Gasteiger partial charge on any atom is -0.320 e. The first-order valence-corrected chi connectivity index (χ1v) is 6.25. The molecular formula is C15H19N3O. The van der Waals surface area contributed by atoms with E-state index >= 15 is 0 Å². The topological polar surface area (TPSA) is 68.0 Å². The molecule has 0 aliphatic heterocycles. The predicted molar refractivity (Wildman–Crippen MR) is 77.4 cm³/mol. The molecule has 0 radical (unpaired) electrons. The van der Waals surface area contributed by atoms with Crippen molar-refractivity contribution in [2.24, 2.45) is 5.73 Å². The number of allylic oxidation sites excluding steroid dienone is 2. The van der Waals surface area contributed by atoms with Crippen LogP contribution in [0, 0.1) is 11.8 Å². The summed E-state index contributed by atoms with van der Waals surface area (Å²) >= 11 is 0. The van der Waals surface area contributed by atoms with Gasteiger partial charge in [-0.2, -0.15) is 0 Å². The molecule has 100 valence electrons. The van der Waals surface area contributed by atoms with Crippen LogP contribution in [0.3, 0.4) is 0 Å².